The van der Waals surface area contributed by atoms with Gasteiger partial charge in [-0.3, -0.25) is 0 Å². The number of hydrogen-bond donors (Lipinski definition) is 4. The largest absolute Gasteiger partial charge is 0.386 e. The summed E-state index contributed by atoms with van der Waals surface area (Å²) in [5, 5.41) is 13.1. The topological polar surface area (TPSA) is 65.9 Å². The Morgan fingerprint density at radius 2 is 1.67 bits per heavy atom. The van der Waals surface area contributed by atoms with Gasteiger partial charge in [-0.05, 0) is 50.3 Å². The van der Waals surface area contributed by atoms with Crippen molar-refractivity contribution in [2.75, 3.05) is 36.1 Å². The van der Waals surface area contributed by atoms with E-state index in [4.69, 9.17) is 12.2 Å². The average Bonchev–Trinajstić information content (AvgIpc) is 2.99. The number of aryl methyl sites for hydroxylation is 1. The molecule has 0 aliphatic carbocycles. The van der Waals surface area contributed by atoms with Crippen molar-refractivity contribution < 1.29 is 0 Å². The summed E-state index contributed by atoms with van der Waals surface area (Å²) < 4.78 is 2.07. The number of para-hydroxylation sites is 4. The van der Waals surface area contributed by atoms with Gasteiger partial charge in [0.2, 0.25) is 5.95 Å². The number of imidazole rings is 1. The molecule has 0 bridgehead atoms. The van der Waals surface area contributed by atoms with Crippen LogP contribution in [0.2, 0.25) is 0 Å². The van der Waals surface area contributed by atoms with Gasteiger partial charge in [-0.25, -0.2) is 4.98 Å². The normalized spacial score (nSPS) is 9.93. The van der Waals surface area contributed by atoms with Crippen LogP contribution in [-0.2, 0) is 7.05 Å². The number of nitrogens with one attached hydrogen (secondary N) is 4. The molecule has 144 valence electrons. The van der Waals surface area contributed by atoms with Crippen LogP contribution in [0.5, 0.6) is 0 Å². The second-order valence-corrected chi connectivity index (χ2v) is 6.20. The molecule has 0 aliphatic heterocycles. The van der Waals surface area contributed by atoms with Crippen LogP contribution in [0.25, 0.3) is 11.0 Å². The Hall–Kier alpha value is -2.80. The Labute approximate surface area is 166 Å². The van der Waals surface area contributed by atoms with E-state index in [1.54, 1.807) is 0 Å². The summed E-state index contributed by atoms with van der Waals surface area (Å²) in [5.41, 5.74) is 4.23. The highest BCUT2D eigenvalue weighted by Gasteiger charge is 2.04. The fraction of sp³-hybridized carbons (Fsp3) is 0.300. The third-order valence-electron chi connectivity index (χ3n) is 3.90. The van der Waals surface area contributed by atoms with Crippen molar-refractivity contribution >= 4 is 45.7 Å². The summed E-state index contributed by atoms with van der Waals surface area (Å²) in [6.07, 6.45) is 0. The third-order valence-corrected chi connectivity index (χ3v) is 4.15. The van der Waals surface area contributed by atoms with Crippen molar-refractivity contribution in [3.63, 3.8) is 0 Å². The van der Waals surface area contributed by atoms with Crippen LogP contribution < -0.4 is 21.3 Å². The van der Waals surface area contributed by atoms with Gasteiger partial charge < -0.3 is 25.8 Å². The molecule has 0 saturated carbocycles. The zero-order valence-corrected chi connectivity index (χ0v) is 17.2. The van der Waals surface area contributed by atoms with E-state index >= 15 is 0 Å². The molecule has 27 heavy (non-hydrogen) atoms. The van der Waals surface area contributed by atoms with Gasteiger partial charge in [0.05, 0.1) is 22.4 Å². The first-order chi connectivity index (χ1) is 13.1. The second kappa shape index (κ2) is 10.4. The number of nitrogens with zero attached hydrogens (tertiary/aromatic N) is 2. The Balaban J connectivity index is 0.000000194. The maximum Gasteiger partial charge on any atom is 0.203 e. The van der Waals surface area contributed by atoms with Crippen LogP contribution in [0.15, 0.2) is 48.5 Å². The van der Waals surface area contributed by atoms with Crippen molar-refractivity contribution in [2.24, 2.45) is 7.05 Å². The Morgan fingerprint density at radius 1 is 1.00 bits per heavy atom. The standard InChI is InChI=1S/C10H15N3S.C10H13N3/c1-3-12-10(14)13-9-7-5-4-6-8(9)11-2;1-3-11-10-12-8-6-4-5-7-9(8)13(10)2/h4-7,11H,3H2,1-2H3,(H2,12,13,14);4-7H,3H2,1-2H3,(H,11,12). The molecule has 1 heterocycles. The zero-order valence-electron chi connectivity index (χ0n) is 16.3. The van der Waals surface area contributed by atoms with E-state index in [0.29, 0.717) is 5.11 Å². The SMILES string of the molecule is CCNC(=S)Nc1ccccc1NC.CCNc1nc2ccccc2n1C. The molecule has 0 spiro atoms. The summed E-state index contributed by atoms with van der Waals surface area (Å²) in [4.78, 5) is 4.45. The summed E-state index contributed by atoms with van der Waals surface area (Å²) in [7, 11) is 3.91. The molecule has 0 amide bonds. The molecule has 0 aliphatic rings. The summed E-state index contributed by atoms with van der Waals surface area (Å²) >= 11 is 5.09. The monoisotopic (exact) mass is 384 g/mol. The minimum atomic E-state index is 0.648. The first-order valence-corrected chi connectivity index (χ1v) is 9.48. The van der Waals surface area contributed by atoms with E-state index in [1.807, 2.05) is 63.5 Å². The van der Waals surface area contributed by atoms with E-state index in [1.165, 1.54) is 5.52 Å². The predicted molar refractivity (Wildman–Crippen MR) is 121 cm³/mol. The van der Waals surface area contributed by atoms with Gasteiger partial charge in [-0.1, -0.05) is 24.3 Å². The van der Waals surface area contributed by atoms with Crippen molar-refractivity contribution in [1.29, 1.82) is 0 Å². The molecule has 2 aromatic carbocycles. The van der Waals surface area contributed by atoms with Gasteiger partial charge in [-0.15, -0.1) is 0 Å². The Morgan fingerprint density at radius 3 is 2.30 bits per heavy atom. The fourth-order valence-corrected chi connectivity index (χ4v) is 2.85. The van der Waals surface area contributed by atoms with Crippen LogP contribution in [0.1, 0.15) is 13.8 Å². The molecule has 0 unspecified atom stereocenters. The molecule has 7 heteroatoms. The highest BCUT2D eigenvalue weighted by molar-refractivity contribution is 7.80. The van der Waals surface area contributed by atoms with Crippen molar-refractivity contribution in [3.05, 3.63) is 48.5 Å². The van der Waals surface area contributed by atoms with Gasteiger partial charge in [0.25, 0.3) is 0 Å². The quantitative estimate of drug-likeness (QED) is 0.498. The van der Waals surface area contributed by atoms with E-state index in [0.717, 1.165) is 35.9 Å². The third kappa shape index (κ3) is 5.59. The number of rotatable bonds is 5. The number of thiocarbonyl (C=S) groups is 1. The molecule has 6 nitrogen and oxygen atoms in total. The molecule has 4 N–H and O–H groups in total. The zero-order chi connectivity index (χ0) is 19.6. The van der Waals surface area contributed by atoms with Crippen LogP contribution in [0.3, 0.4) is 0 Å². The predicted octanol–water partition coefficient (Wildman–Crippen LogP) is 4.04. The fourth-order valence-electron chi connectivity index (χ4n) is 2.60. The van der Waals surface area contributed by atoms with Crippen molar-refractivity contribution in [1.82, 2.24) is 14.9 Å². The van der Waals surface area contributed by atoms with Crippen LogP contribution in [0.4, 0.5) is 17.3 Å². The first-order valence-electron chi connectivity index (χ1n) is 9.07. The lowest BCUT2D eigenvalue weighted by Gasteiger charge is -2.12. The van der Waals surface area contributed by atoms with E-state index in [-0.39, 0.29) is 0 Å². The summed E-state index contributed by atoms with van der Waals surface area (Å²) in [5.74, 6) is 0.934. The van der Waals surface area contributed by atoms with Crippen LogP contribution in [-0.4, -0.2) is 34.8 Å². The first kappa shape index (κ1) is 20.5. The minimum Gasteiger partial charge on any atom is -0.386 e. The lowest BCUT2D eigenvalue weighted by molar-refractivity contribution is 0.936. The van der Waals surface area contributed by atoms with Gasteiger partial charge in [0.1, 0.15) is 0 Å². The van der Waals surface area contributed by atoms with E-state index in [9.17, 15) is 0 Å². The molecule has 0 saturated heterocycles. The smallest absolute Gasteiger partial charge is 0.203 e. The number of benzene rings is 2. The molecular weight excluding hydrogens is 356 g/mol. The molecule has 1 aromatic heterocycles. The Bertz CT molecular complexity index is 874. The highest BCUT2D eigenvalue weighted by Crippen LogP contribution is 2.19. The van der Waals surface area contributed by atoms with E-state index < -0.39 is 0 Å². The number of fused-ring (bicyclic) bond motifs is 1. The second-order valence-electron chi connectivity index (χ2n) is 5.79. The van der Waals surface area contributed by atoms with Crippen LogP contribution in [0, 0.1) is 0 Å². The molecule has 0 atom stereocenters. The maximum absolute atomic E-state index is 5.09. The molecule has 0 fully saturated rings. The number of hydrogen-bond acceptors (Lipinski definition) is 4. The molecule has 3 rings (SSSR count). The number of anilines is 3. The summed E-state index contributed by atoms with van der Waals surface area (Å²) in [6, 6.07) is 16.1. The van der Waals surface area contributed by atoms with Crippen molar-refractivity contribution in [2.45, 2.75) is 13.8 Å². The van der Waals surface area contributed by atoms with Gasteiger partial charge >= 0.3 is 0 Å². The Kier molecular flexibility index (Phi) is 7.88. The average molecular weight is 385 g/mol. The van der Waals surface area contributed by atoms with Crippen LogP contribution >= 0.6 is 12.2 Å². The molecule has 3 aromatic rings. The van der Waals surface area contributed by atoms with Gasteiger partial charge in [0, 0.05) is 27.2 Å². The van der Waals surface area contributed by atoms with Crippen molar-refractivity contribution in [3.8, 4) is 0 Å². The summed E-state index contributed by atoms with van der Waals surface area (Å²) in [6.45, 7) is 5.81. The van der Waals surface area contributed by atoms with E-state index in [2.05, 4.69) is 43.8 Å². The maximum atomic E-state index is 5.09. The highest BCUT2D eigenvalue weighted by atomic mass is 32.1. The van der Waals surface area contributed by atoms with Gasteiger partial charge in [-0.2, -0.15) is 0 Å². The molecular formula is C20H28N6S. The molecule has 0 radical (unpaired) electrons. The van der Waals surface area contributed by atoms with Gasteiger partial charge in [0.15, 0.2) is 5.11 Å². The lowest BCUT2D eigenvalue weighted by Crippen LogP contribution is -2.28. The number of aromatic nitrogens is 2. The minimum absolute atomic E-state index is 0.648. The lowest BCUT2D eigenvalue weighted by atomic mass is 10.2.